The molecule has 0 amide bonds. The Morgan fingerprint density at radius 1 is 0.878 bits per heavy atom. The minimum absolute atomic E-state index is 0.0739. The third kappa shape index (κ3) is 6.13. The molecule has 0 fully saturated rings. The summed E-state index contributed by atoms with van der Waals surface area (Å²) in [4.78, 5) is 17.2. The van der Waals surface area contributed by atoms with E-state index in [1.807, 2.05) is 91.0 Å². The van der Waals surface area contributed by atoms with Crippen LogP contribution in [-0.4, -0.2) is 25.4 Å². The van der Waals surface area contributed by atoms with E-state index < -0.39 is 14.6 Å². The Bertz CT molecular complexity index is 1860. The van der Waals surface area contributed by atoms with Crippen LogP contribution in [0.25, 0.3) is 28.1 Å². The number of fused-ring (bicyclic) bond motifs is 1. The van der Waals surface area contributed by atoms with Crippen molar-refractivity contribution in [3.05, 3.63) is 138 Å². The fourth-order valence-electron chi connectivity index (χ4n) is 4.58. The van der Waals surface area contributed by atoms with Crippen LogP contribution in [0.4, 0.5) is 0 Å². The molecule has 0 saturated carbocycles. The second-order valence-electron chi connectivity index (χ2n) is 10.5. The smallest absolute Gasteiger partial charge is 0.185 e. The molecule has 0 N–H and O–H groups in total. The molecular formula is C35H31NO4S. The van der Waals surface area contributed by atoms with Crippen LogP contribution in [0.5, 0.6) is 5.75 Å². The number of aromatic nitrogens is 1. The zero-order chi connectivity index (χ0) is 29.0. The lowest BCUT2D eigenvalue weighted by molar-refractivity contribution is 0.104. The van der Waals surface area contributed by atoms with Gasteiger partial charge < -0.3 is 4.74 Å². The van der Waals surface area contributed by atoms with Crippen LogP contribution in [0.3, 0.4) is 0 Å². The number of nitrogens with zero attached hydrogens (tertiary/aromatic N) is 1. The fourth-order valence-corrected chi connectivity index (χ4v) is 5.12. The normalized spacial score (nSPS) is 12.1. The molecule has 0 aliphatic heterocycles. The number of pyridine rings is 1. The number of carbonyl (C=O) groups is 1. The fraction of sp³-hybridized carbons (Fsp3) is 0.143. The van der Waals surface area contributed by atoms with Crippen molar-refractivity contribution in [1.29, 1.82) is 0 Å². The van der Waals surface area contributed by atoms with Crippen molar-refractivity contribution >= 4 is 32.6 Å². The third-order valence-electron chi connectivity index (χ3n) is 7.35. The molecule has 0 spiro atoms. The average Bonchev–Trinajstić information content (AvgIpc) is 2.98. The largest absolute Gasteiger partial charge is 0.488 e. The lowest BCUT2D eigenvalue weighted by atomic mass is 9.93. The number of hydrogen-bond acceptors (Lipinski definition) is 5. The number of rotatable bonds is 9. The second-order valence-corrected chi connectivity index (χ2v) is 13.0. The number of benzene rings is 4. The molecule has 0 radical (unpaired) electrons. The monoisotopic (exact) mass is 561 g/mol. The predicted octanol–water partition coefficient (Wildman–Crippen LogP) is 7.66. The zero-order valence-corrected chi connectivity index (χ0v) is 24.1. The van der Waals surface area contributed by atoms with Gasteiger partial charge in [0.1, 0.15) is 12.4 Å². The molecule has 5 nitrogen and oxygen atoms in total. The number of para-hydroxylation sites is 1. The summed E-state index contributed by atoms with van der Waals surface area (Å²) in [5.74, 6) is 0.592. The van der Waals surface area contributed by atoms with Crippen molar-refractivity contribution in [2.45, 2.75) is 25.2 Å². The number of allylic oxidation sites excluding steroid dienone is 1. The van der Waals surface area contributed by atoms with Gasteiger partial charge in [-0.2, -0.15) is 0 Å². The van der Waals surface area contributed by atoms with Crippen molar-refractivity contribution in [1.82, 2.24) is 4.98 Å². The van der Waals surface area contributed by atoms with Gasteiger partial charge in [-0.15, -0.1) is 0 Å². The van der Waals surface area contributed by atoms with Gasteiger partial charge in [-0.3, -0.25) is 9.78 Å². The van der Waals surface area contributed by atoms with Gasteiger partial charge in [-0.25, -0.2) is 8.42 Å². The van der Waals surface area contributed by atoms with Gasteiger partial charge in [0.2, 0.25) is 0 Å². The molecule has 1 heterocycles. The summed E-state index contributed by atoms with van der Waals surface area (Å²) < 4.78 is 30.4. The molecule has 5 aromatic rings. The van der Waals surface area contributed by atoms with Gasteiger partial charge in [0.05, 0.1) is 10.3 Å². The van der Waals surface area contributed by atoms with Gasteiger partial charge in [0.15, 0.2) is 15.6 Å². The van der Waals surface area contributed by atoms with E-state index in [1.165, 1.54) is 6.26 Å². The summed E-state index contributed by atoms with van der Waals surface area (Å²) in [7, 11) is -3.37. The maximum absolute atomic E-state index is 12.6. The Kier molecular flexibility index (Phi) is 7.86. The highest BCUT2D eigenvalue weighted by Gasteiger charge is 2.33. The van der Waals surface area contributed by atoms with E-state index >= 15 is 0 Å². The number of carbonyl (C=O) groups excluding carboxylic acids is 1. The molecule has 0 aliphatic rings. The summed E-state index contributed by atoms with van der Waals surface area (Å²) in [6.45, 7) is 3.77. The topological polar surface area (TPSA) is 73.3 Å². The zero-order valence-electron chi connectivity index (χ0n) is 23.2. The molecule has 5 rings (SSSR count). The molecule has 0 bridgehead atoms. The van der Waals surface area contributed by atoms with Gasteiger partial charge in [-0.05, 0) is 73.0 Å². The number of hydrogen-bond donors (Lipinski definition) is 0. The maximum atomic E-state index is 12.6. The summed E-state index contributed by atoms with van der Waals surface area (Å²) >= 11 is 0. The minimum atomic E-state index is -3.37. The van der Waals surface area contributed by atoms with E-state index in [2.05, 4.69) is 4.98 Å². The first-order chi connectivity index (χ1) is 19.6. The highest BCUT2D eigenvalue weighted by molar-refractivity contribution is 7.91. The highest BCUT2D eigenvalue weighted by Crippen LogP contribution is 2.36. The molecule has 41 heavy (non-hydrogen) atoms. The van der Waals surface area contributed by atoms with Gasteiger partial charge in [0.25, 0.3) is 0 Å². The van der Waals surface area contributed by atoms with Gasteiger partial charge in [-0.1, -0.05) is 72.8 Å². The van der Waals surface area contributed by atoms with E-state index in [-0.39, 0.29) is 5.78 Å². The van der Waals surface area contributed by atoms with Crippen LogP contribution in [0.15, 0.2) is 115 Å². The molecule has 0 unspecified atom stereocenters. The standard InChI is InChI=1S/C35H31NO4S/c1-35(2,41(3,38)39)30-22-29-16-10-20-36-34(29)31(23-30)28-15-9-11-25(21-28)24-40-33-17-8-7-14-27(33)18-19-32(37)26-12-5-4-6-13-26/h4-23H,24H2,1-3H3. The molecule has 0 aliphatic carbocycles. The molecule has 0 saturated heterocycles. The van der Waals surface area contributed by atoms with Gasteiger partial charge in [0, 0.05) is 34.5 Å². The Morgan fingerprint density at radius 3 is 2.41 bits per heavy atom. The summed E-state index contributed by atoms with van der Waals surface area (Å²) in [6, 6.07) is 32.4. The van der Waals surface area contributed by atoms with Crippen LogP contribution in [-0.2, 0) is 21.2 Å². The Balaban J connectivity index is 1.43. The van der Waals surface area contributed by atoms with Crippen LogP contribution < -0.4 is 4.74 Å². The van der Waals surface area contributed by atoms with Crippen molar-refractivity contribution in [3.8, 4) is 16.9 Å². The van der Waals surface area contributed by atoms with Crippen molar-refractivity contribution < 1.29 is 17.9 Å². The van der Waals surface area contributed by atoms with E-state index in [1.54, 1.807) is 44.3 Å². The molecular weight excluding hydrogens is 530 g/mol. The maximum Gasteiger partial charge on any atom is 0.185 e. The first-order valence-electron chi connectivity index (χ1n) is 13.3. The summed E-state index contributed by atoms with van der Waals surface area (Å²) in [5, 5.41) is 0.879. The molecule has 4 aromatic carbocycles. The van der Waals surface area contributed by atoms with Crippen LogP contribution >= 0.6 is 0 Å². The Labute approximate surface area is 241 Å². The quantitative estimate of drug-likeness (QED) is 0.136. The third-order valence-corrected chi connectivity index (χ3v) is 9.44. The van der Waals surface area contributed by atoms with Crippen molar-refractivity contribution in [2.24, 2.45) is 0 Å². The molecule has 0 atom stereocenters. The SMILES string of the molecule is CC(C)(c1cc(-c2cccc(COc3ccccc3C=CC(=O)c3ccccc3)c2)c2ncccc2c1)S(C)(=O)=O. The Morgan fingerprint density at radius 2 is 1.63 bits per heavy atom. The molecule has 6 heteroatoms. The van der Waals surface area contributed by atoms with E-state index in [0.717, 1.165) is 33.2 Å². The second kappa shape index (κ2) is 11.5. The highest BCUT2D eigenvalue weighted by atomic mass is 32.2. The number of ether oxygens (including phenoxy) is 1. The van der Waals surface area contributed by atoms with E-state index in [0.29, 0.717) is 23.5 Å². The summed E-state index contributed by atoms with van der Waals surface area (Å²) in [5.41, 5.74) is 5.67. The predicted molar refractivity (Wildman–Crippen MR) is 166 cm³/mol. The summed E-state index contributed by atoms with van der Waals surface area (Å²) in [6.07, 6.45) is 6.34. The minimum Gasteiger partial charge on any atom is -0.488 e. The van der Waals surface area contributed by atoms with Crippen molar-refractivity contribution in [2.75, 3.05) is 6.26 Å². The van der Waals surface area contributed by atoms with E-state index in [4.69, 9.17) is 4.74 Å². The van der Waals surface area contributed by atoms with E-state index in [9.17, 15) is 13.2 Å². The first-order valence-corrected chi connectivity index (χ1v) is 15.2. The van der Waals surface area contributed by atoms with Crippen molar-refractivity contribution in [3.63, 3.8) is 0 Å². The lowest BCUT2D eigenvalue weighted by Crippen LogP contribution is -2.28. The molecule has 1 aromatic heterocycles. The molecule has 206 valence electrons. The average molecular weight is 562 g/mol. The lowest BCUT2D eigenvalue weighted by Gasteiger charge is -2.24. The number of sulfone groups is 1. The van der Waals surface area contributed by atoms with Gasteiger partial charge >= 0.3 is 0 Å². The first kappa shape index (κ1) is 28.0. The van der Waals surface area contributed by atoms with Crippen LogP contribution in [0.1, 0.15) is 40.9 Å². The van der Waals surface area contributed by atoms with Crippen LogP contribution in [0.2, 0.25) is 0 Å². The van der Waals surface area contributed by atoms with Crippen LogP contribution in [0, 0.1) is 0 Å². The number of ketones is 1. The Hall–Kier alpha value is -4.55.